The summed E-state index contributed by atoms with van der Waals surface area (Å²) in [6, 6.07) is 4.32. The van der Waals surface area contributed by atoms with Gasteiger partial charge < -0.3 is 19.9 Å². The summed E-state index contributed by atoms with van der Waals surface area (Å²) in [6.07, 6.45) is 1.79. The Kier molecular flexibility index (Phi) is 4.32. The SMILES string of the molecule is COc1cc(C(O)C(C)NC2CC2)c(OC)cc1C. The second kappa shape index (κ2) is 5.80. The summed E-state index contributed by atoms with van der Waals surface area (Å²) in [7, 11) is 3.26. The van der Waals surface area contributed by atoms with E-state index >= 15 is 0 Å². The molecular weight excluding hydrogens is 242 g/mol. The Balaban J connectivity index is 2.24. The van der Waals surface area contributed by atoms with Crippen molar-refractivity contribution >= 4 is 0 Å². The topological polar surface area (TPSA) is 50.7 Å². The number of hydrogen-bond acceptors (Lipinski definition) is 4. The molecule has 0 bridgehead atoms. The van der Waals surface area contributed by atoms with Gasteiger partial charge in [0.15, 0.2) is 0 Å². The Morgan fingerprint density at radius 2 is 1.84 bits per heavy atom. The molecule has 0 heterocycles. The number of benzene rings is 1. The molecular formula is C15H23NO3. The van der Waals surface area contributed by atoms with E-state index in [1.165, 1.54) is 12.8 Å². The molecule has 2 N–H and O–H groups in total. The van der Waals surface area contributed by atoms with Gasteiger partial charge in [-0.15, -0.1) is 0 Å². The van der Waals surface area contributed by atoms with Crippen LogP contribution >= 0.6 is 0 Å². The van der Waals surface area contributed by atoms with Crippen molar-refractivity contribution in [2.24, 2.45) is 0 Å². The normalized spacial score (nSPS) is 17.9. The number of aliphatic hydroxyl groups is 1. The van der Waals surface area contributed by atoms with Crippen LogP contribution < -0.4 is 14.8 Å². The minimum atomic E-state index is -0.606. The van der Waals surface area contributed by atoms with Crippen molar-refractivity contribution in [2.75, 3.05) is 14.2 Å². The lowest BCUT2D eigenvalue weighted by Crippen LogP contribution is -2.33. The van der Waals surface area contributed by atoms with Gasteiger partial charge in [-0.3, -0.25) is 0 Å². The molecule has 2 unspecified atom stereocenters. The number of rotatable bonds is 6. The van der Waals surface area contributed by atoms with Crippen LogP contribution in [0.25, 0.3) is 0 Å². The molecule has 1 saturated carbocycles. The molecule has 2 atom stereocenters. The third-order valence-electron chi connectivity index (χ3n) is 3.62. The van der Waals surface area contributed by atoms with E-state index in [0.717, 1.165) is 16.9 Å². The molecule has 1 aromatic rings. The number of aryl methyl sites for hydroxylation is 1. The van der Waals surface area contributed by atoms with Crippen LogP contribution in [0.4, 0.5) is 0 Å². The minimum Gasteiger partial charge on any atom is -0.496 e. The van der Waals surface area contributed by atoms with Crippen LogP contribution in [0.2, 0.25) is 0 Å². The fourth-order valence-corrected chi connectivity index (χ4v) is 2.29. The summed E-state index contributed by atoms with van der Waals surface area (Å²) >= 11 is 0. The highest BCUT2D eigenvalue weighted by atomic mass is 16.5. The zero-order valence-corrected chi connectivity index (χ0v) is 12.1. The second-order valence-electron chi connectivity index (χ2n) is 5.24. The van der Waals surface area contributed by atoms with Crippen molar-refractivity contribution < 1.29 is 14.6 Å². The van der Waals surface area contributed by atoms with E-state index in [4.69, 9.17) is 9.47 Å². The van der Waals surface area contributed by atoms with Gasteiger partial charge in [-0.05, 0) is 44.4 Å². The van der Waals surface area contributed by atoms with Crippen LogP contribution in [0.5, 0.6) is 11.5 Å². The monoisotopic (exact) mass is 265 g/mol. The van der Waals surface area contributed by atoms with Crippen molar-refractivity contribution in [3.63, 3.8) is 0 Å². The van der Waals surface area contributed by atoms with Gasteiger partial charge in [0.05, 0.1) is 20.3 Å². The van der Waals surface area contributed by atoms with Crippen molar-refractivity contribution in [1.29, 1.82) is 0 Å². The van der Waals surface area contributed by atoms with Crippen LogP contribution in [0.15, 0.2) is 12.1 Å². The molecule has 0 amide bonds. The Morgan fingerprint density at radius 3 is 2.37 bits per heavy atom. The number of methoxy groups -OCH3 is 2. The maximum atomic E-state index is 10.5. The largest absolute Gasteiger partial charge is 0.496 e. The maximum absolute atomic E-state index is 10.5. The van der Waals surface area contributed by atoms with Crippen LogP contribution in [0.3, 0.4) is 0 Å². The highest BCUT2D eigenvalue weighted by molar-refractivity contribution is 5.47. The van der Waals surface area contributed by atoms with Gasteiger partial charge in [0.1, 0.15) is 11.5 Å². The first-order valence-electron chi connectivity index (χ1n) is 6.73. The van der Waals surface area contributed by atoms with Crippen LogP contribution in [0.1, 0.15) is 37.0 Å². The molecule has 0 aromatic heterocycles. The average Bonchev–Trinajstić information content (AvgIpc) is 3.21. The minimum absolute atomic E-state index is 0.00573. The fourth-order valence-electron chi connectivity index (χ4n) is 2.29. The molecule has 1 aliphatic rings. The van der Waals surface area contributed by atoms with Crippen molar-refractivity contribution in [2.45, 2.75) is 44.9 Å². The predicted molar refractivity (Wildman–Crippen MR) is 74.9 cm³/mol. The number of nitrogens with one attached hydrogen (secondary N) is 1. The van der Waals surface area contributed by atoms with Gasteiger partial charge in [0, 0.05) is 17.6 Å². The summed E-state index contributed by atoms with van der Waals surface area (Å²) in [5, 5.41) is 13.9. The Hall–Kier alpha value is -1.26. The van der Waals surface area contributed by atoms with E-state index in [-0.39, 0.29) is 6.04 Å². The number of hydrogen-bond donors (Lipinski definition) is 2. The molecule has 4 nitrogen and oxygen atoms in total. The maximum Gasteiger partial charge on any atom is 0.125 e. The van der Waals surface area contributed by atoms with Gasteiger partial charge in [0.25, 0.3) is 0 Å². The van der Waals surface area contributed by atoms with Crippen molar-refractivity contribution in [3.8, 4) is 11.5 Å². The smallest absolute Gasteiger partial charge is 0.125 e. The molecule has 0 aliphatic heterocycles. The van der Waals surface area contributed by atoms with E-state index in [9.17, 15) is 5.11 Å². The predicted octanol–water partition coefficient (Wildman–Crippen LogP) is 2.19. The summed E-state index contributed by atoms with van der Waals surface area (Å²) in [6.45, 7) is 3.96. The molecule has 1 fully saturated rings. The first-order valence-corrected chi connectivity index (χ1v) is 6.73. The van der Waals surface area contributed by atoms with Gasteiger partial charge in [-0.2, -0.15) is 0 Å². The molecule has 0 saturated heterocycles. The van der Waals surface area contributed by atoms with E-state index in [0.29, 0.717) is 11.8 Å². The summed E-state index contributed by atoms with van der Waals surface area (Å²) < 4.78 is 10.7. The summed E-state index contributed by atoms with van der Waals surface area (Å²) in [4.78, 5) is 0. The van der Waals surface area contributed by atoms with Gasteiger partial charge >= 0.3 is 0 Å². The molecule has 0 radical (unpaired) electrons. The van der Waals surface area contributed by atoms with Crippen molar-refractivity contribution in [1.82, 2.24) is 5.32 Å². The molecule has 2 rings (SSSR count). The third-order valence-corrected chi connectivity index (χ3v) is 3.62. The molecule has 19 heavy (non-hydrogen) atoms. The van der Waals surface area contributed by atoms with E-state index in [1.807, 2.05) is 26.0 Å². The zero-order chi connectivity index (χ0) is 14.0. The highest BCUT2D eigenvalue weighted by Crippen LogP contribution is 2.34. The second-order valence-corrected chi connectivity index (χ2v) is 5.24. The fraction of sp³-hybridized carbons (Fsp3) is 0.600. The number of ether oxygens (including phenoxy) is 2. The zero-order valence-electron chi connectivity index (χ0n) is 12.1. The molecule has 4 heteroatoms. The van der Waals surface area contributed by atoms with Gasteiger partial charge in [0.2, 0.25) is 0 Å². The first kappa shape index (κ1) is 14.2. The Bertz CT molecular complexity index is 443. The lowest BCUT2D eigenvalue weighted by Gasteiger charge is -2.23. The molecule has 106 valence electrons. The number of aliphatic hydroxyl groups excluding tert-OH is 1. The molecule has 1 aliphatic carbocycles. The summed E-state index contributed by atoms with van der Waals surface area (Å²) in [5.74, 6) is 1.48. The summed E-state index contributed by atoms with van der Waals surface area (Å²) in [5.41, 5.74) is 1.77. The van der Waals surface area contributed by atoms with E-state index < -0.39 is 6.10 Å². The van der Waals surface area contributed by atoms with E-state index in [1.54, 1.807) is 14.2 Å². The van der Waals surface area contributed by atoms with Crippen LogP contribution in [-0.2, 0) is 0 Å². The Labute approximate surface area is 114 Å². The van der Waals surface area contributed by atoms with Gasteiger partial charge in [-0.25, -0.2) is 0 Å². The first-order chi connectivity index (χ1) is 9.06. The van der Waals surface area contributed by atoms with E-state index in [2.05, 4.69) is 5.32 Å². The average molecular weight is 265 g/mol. The Morgan fingerprint density at radius 1 is 1.21 bits per heavy atom. The lowest BCUT2D eigenvalue weighted by molar-refractivity contribution is 0.131. The molecule has 0 spiro atoms. The third kappa shape index (κ3) is 3.19. The lowest BCUT2D eigenvalue weighted by atomic mass is 10.00. The molecule has 1 aromatic carbocycles. The van der Waals surface area contributed by atoms with Crippen LogP contribution in [0, 0.1) is 6.92 Å². The van der Waals surface area contributed by atoms with Crippen LogP contribution in [-0.4, -0.2) is 31.4 Å². The standard InChI is InChI=1S/C15H23NO3/c1-9-7-14(19-4)12(8-13(9)18-3)15(17)10(2)16-11-5-6-11/h7-8,10-11,15-17H,5-6H2,1-4H3. The van der Waals surface area contributed by atoms with Crippen molar-refractivity contribution in [3.05, 3.63) is 23.3 Å². The highest BCUT2D eigenvalue weighted by Gasteiger charge is 2.28. The van der Waals surface area contributed by atoms with Gasteiger partial charge in [-0.1, -0.05) is 0 Å². The quantitative estimate of drug-likeness (QED) is 0.828.